The van der Waals surface area contributed by atoms with Gasteiger partial charge in [0.25, 0.3) is 0 Å². The minimum Gasteiger partial charge on any atom is -0.354 e. The predicted octanol–water partition coefficient (Wildman–Crippen LogP) is 2.51. The summed E-state index contributed by atoms with van der Waals surface area (Å²) in [7, 11) is 0. The van der Waals surface area contributed by atoms with Crippen LogP contribution in [0.2, 0.25) is 0 Å². The highest BCUT2D eigenvalue weighted by molar-refractivity contribution is 7.80. The summed E-state index contributed by atoms with van der Waals surface area (Å²) >= 11 is 5.41. The van der Waals surface area contributed by atoms with Crippen LogP contribution >= 0.6 is 12.2 Å². The number of anilines is 1. The van der Waals surface area contributed by atoms with Crippen molar-refractivity contribution in [2.75, 3.05) is 11.9 Å². The lowest BCUT2D eigenvalue weighted by atomic mass is 10.0. The minimum absolute atomic E-state index is 0.260. The lowest BCUT2D eigenvalue weighted by molar-refractivity contribution is -0.223. The Balaban J connectivity index is 1.50. The van der Waals surface area contributed by atoms with Gasteiger partial charge in [0.2, 0.25) is 0 Å². The van der Waals surface area contributed by atoms with E-state index < -0.39 is 30.1 Å². The zero-order chi connectivity index (χ0) is 20.1. The average Bonchev–Trinajstić information content (AvgIpc) is 3.20. The molecule has 1 aromatic carbocycles. The van der Waals surface area contributed by atoms with E-state index in [4.69, 9.17) is 35.9 Å². The van der Waals surface area contributed by atoms with Crippen molar-refractivity contribution in [1.82, 2.24) is 5.32 Å². The number of fused-ring (bicyclic) bond motifs is 1. The molecule has 0 amide bonds. The van der Waals surface area contributed by atoms with Crippen LogP contribution in [-0.4, -0.2) is 53.9 Å². The second-order valence-electron chi connectivity index (χ2n) is 8.04. The van der Waals surface area contributed by atoms with Crippen molar-refractivity contribution >= 4 is 23.0 Å². The van der Waals surface area contributed by atoms with Gasteiger partial charge in [0.05, 0.1) is 18.3 Å². The van der Waals surface area contributed by atoms with E-state index in [-0.39, 0.29) is 28.8 Å². The van der Waals surface area contributed by atoms with Crippen LogP contribution in [0.3, 0.4) is 0 Å². The van der Waals surface area contributed by atoms with Gasteiger partial charge < -0.3 is 34.3 Å². The number of rotatable bonds is 3. The van der Waals surface area contributed by atoms with Crippen LogP contribution < -0.4 is 10.6 Å². The van der Waals surface area contributed by atoms with E-state index in [1.165, 1.54) is 6.07 Å². The van der Waals surface area contributed by atoms with Crippen molar-refractivity contribution in [2.45, 2.75) is 69.9 Å². The van der Waals surface area contributed by atoms with Crippen molar-refractivity contribution < 1.29 is 28.1 Å². The van der Waals surface area contributed by atoms with E-state index >= 15 is 0 Å². The average molecular weight is 412 g/mol. The maximum Gasteiger partial charge on any atom is 0.189 e. The highest BCUT2D eigenvalue weighted by Crippen LogP contribution is 2.40. The highest BCUT2D eigenvalue weighted by atomic mass is 32.1. The van der Waals surface area contributed by atoms with Crippen LogP contribution in [0.5, 0.6) is 0 Å². The summed E-state index contributed by atoms with van der Waals surface area (Å²) in [6.07, 6.45) is -1.67. The normalized spacial score (nSPS) is 35.5. The second kappa shape index (κ2) is 7.16. The second-order valence-corrected chi connectivity index (χ2v) is 8.45. The first-order valence-corrected chi connectivity index (χ1v) is 9.69. The van der Waals surface area contributed by atoms with Gasteiger partial charge in [-0.2, -0.15) is 0 Å². The van der Waals surface area contributed by atoms with E-state index in [0.717, 1.165) is 0 Å². The van der Waals surface area contributed by atoms with Crippen LogP contribution in [0.1, 0.15) is 27.7 Å². The molecule has 1 unspecified atom stereocenters. The van der Waals surface area contributed by atoms with Crippen molar-refractivity contribution in [1.29, 1.82) is 0 Å². The maximum absolute atomic E-state index is 13.9. The molecule has 0 aliphatic carbocycles. The summed E-state index contributed by atoms with van der Waals surface area (Å²) in [5, 5.41) is 6.35. The molecule has 0 aromatic heterocycles. The largest absolute Gasteiger partial charge is 0.354 e. The molecule has 4 rings (SSSR count). The molecule has 2 N–H and O–H groups in total. The number of thiocarbonyl (C=S) groups is 1. The van der Waals surface area contributed by atoms with E-state index in [0.29, 0.717) is 6.61 Å². The maximum atomic E-state index is 13.9. The number of ether oxygens (including phenoxy) is 5. The summed E-state index contributed by atoms with van der Waals surface area (Å²) in [4.78, 5) is 0. The van der Waals surface area contributed by atoms with E-state index in [2.05, 4.69) is 10.6 Å². The van der Waals surface area contributed by atoms with Crippen LogP contribution in [0.4, 0.5) is 10.1 Å². The Kier molecular flexibility index (Phi) is 5.09. The predicted molar refractivity (Wildman–Crippen MR) is 103 cm³/mol. The van der Waals surface area contributed by atoms with Crippen LogP contribution in [-0.2, 0) is 23.7 Å². The molecular formula is C19H25FN2O5S. The number of hydrogen-bond donors (Lipinski definition) is 2. The van der Waals surface area contributed by atoms with Crippen LogP contribution in [0.25, 0.3) is 0 Å². The van der Waals surface area contributed by atoms with E-state index in [9.17, 15) is 4.39 Å². The van der Waals surface area contributed by atoms with Gasteiger partial charge >= 0.3 is 0 Å². The fourth-order valence-corrected chi connectivity index (χ4v) is 4.01. The molecule has 7 nitrogen and oxygen atoms in total. The summed E-state index contributed by atoms with van der Waals surface area (Å²) < 4.78 is 43.6. The molecule has 0 bridgehead atoms. The Morgan fingerprint density at radius 3 is 2.50 bits per heavy atom. The van der Waals surface area contributed by atoms with Crippen molar-refractivity contribution in [3.8, 4) is 0 Å². The molecule has 5 atom stereocenters. The SMILES string of the molecule is CC1(C)OCC([C@H]2O[C@@H]3OC(C)(C)O[C@@H]3[C@H]2NC(=S)Nc2ccccc2F)O1. The Labute approximate surface area is 168 Å². The zero-order valence-electron chi connectivity index (χ0n) is 16.2. The van der Waals surface area contributed by atoms with Crippen LogP contribution in [0.15, 0.2) is 24.3 Å². The molecule has 154 valence electrons. The first kappa shape index (κ1) is 19.9. The Bertz CT molecular complexity index is 762. The van der Waals surface area contributed by atoms with Crippen molar-refractivity contribution in [2.24, 2.45) is 0 Å². The topological polar surface area (TPSA) is 70.2 Å². The van der Waals surface area contributed by atoms with Gasteiger partial charge in [-0.05, 0) is 52.0 Å². The minimum atomic E-state index is -0.771. The molecule has 1 aromatic rings. The van der Waals surface area contributed by atoms with Gasteiger partial charge in [0.1, 0.15) is 24.1 Å². The summed E-state index contributed by atoms with van der Waals surface area (Å²) in [5.74, 6) is -1.85. The molecule has 9 heteroatoms. The molecule has 3 aliphatic heterocycles. The summed E-state index contributed by atoms with van der Waals surface area (Å²) in [5.41, 5.74) is 0.289. The smallest absolute Gasteiger partial charge is 0.189 e. The van der Waals surface area contributed by atoms with Crippen LogP contribution in [0, 0.1) is 5.82 Å². The number of nitrogens with one attached hydrogen (secondary N) is 2. The number of hydrogen-bond acceptors (Lipinski definition) is 6. The fourth-order valence-electron chi connectivity index (χ4n) is 3.76. The van der Waals surface area contributed by atoms with Gasteiger partial charge in [-0.15, -0.1) is 0 Å². The highest BCUT2D eigenvalue weighted by Gasteiger charge is 2.58. The van der Waals surface area contributed by atoms with Crippen molar-refractivity contribution in [3.05, 3.63) is 30.1 Å². The molecule has 0 saturated carbocycles. The third-order valence-electron chi connectivity index (χ3n) is 4.90. The first-order valence-electron chi connectivity index (χ1n) is 9.28. The fraction of sp³-hybridized carbons (Fsp3) is 0.632. The van der Waals surface area contributed by atoms with E-state index in [1.807, 2.05) is 27.7 Å². The standard InChI is InChI=1S/C19H25FN2O5S/c1-18(2)23-9-12(25-18)14-13(15-16(24-14)27-19(3,4)26-15)22-17(28)21-11-8-6-5-7-10(11)20/h5-8,12-16H,9H2,1-4H3,(H2,21,22,28)/t12?,13-,14+,15+,16+/m0/s1. The molecule has 3 saturated heterocycles. The molecular weight excluding hydrogens is 387 g/mol. The van der Waals surface area contributed by atoms with Gasteiger partial charge in [0.15, 0.2) is 23.0 Å². The molecule has 3 aliphatic rings. The molecule has 0 spiro atoms. The van der Waals surface area contributed by atoms with Crippen molar-refractivity contribution in [3.63, 3.8) is 0 Å². The Morgan fingerprint density at radius 1 is 1.07 bits per heavy atom. The van der Waals surface area contributed by atoms with Gasteiger partial charge in [-0.25, -0.2) is 4.39 Å². The monoisotopic (exact) mass is 412 g/mol. The first-order chi connectivity index (χ1) is 13.1. The Morgan fingerprint density at radius 2 is 1.82 bits per heavy atom. The number of halogens is 1. The van der Waals surface area contributed by atoms with Gasteiger partial charge in [-0.3, -0.25) is 0 Å². The summed E-state index contributed by atoms with van der Waals surface area (Å²) in [6, 6.07) is 5.97. The summed E-state index contributed by atoms with van der Waals surface area (Å²) in [6.45, 7) is 7.74. The third kappa shape index (κ3) is 4.00. The quantitative estimate of drug-likeness (QED) is 0.734. The third-order valence-corrected chi connectivity index (χ3v) is 5.12. The molecule has 0 radical (unpaired) electrons. The van der Waals surface area contributed by atoms with Gasteiger partial charge in [0, 0.05) is 0 Å². The zero-order valence-corrected chi connectivity index (χ0v) is 17.0. The number of para-hydroxylation sites is 1. The Hall–Kier alpha value is -1.36. The lowest BCUT2D eigenvalue weighted by Crippen LogP contribution is -2.53. The number of benzene rings is 1. The van der Waals surface area contributed by atoms with E-state index in [1.54, 1.807) is 18.2 Å². The lowest BCUT2D eigenvalue weighted by Gasteiger charge is -2.30. The molecule has 3 fully saturated rings. The molecule has 28 heavy (non-hydrogen) atoms. The molecule has 3 heterocycles. The van der Waals surface area contributed by atoms with Gasteiger partial charge in [-0.1, -0.05) is 12.1 Å².